The average molecular weight is 234 g/mol. The highest BCUT2D eigenvalue weighted by atomic mass is 35.5. The molecule has 0 aliphatic heterocycles. The third-order valence-corrected chi connectivity index (χ3v) is 3.27. The number of hydrogen-bond acceptors (Lipinski definition) is 3. The topological polar surface area (TPSA) is 51.8 Å². The molecule has 2 N–H and O–H groups in total. The van der Waals surface area contributed by atoms with Crippen LogP contribution < -0.4 is 5.73 Å². The van der Waals surface area contributed by atoms with E-state index in [1.807, 2.05) is 25.1 Å². The number of aryl methyl sites for hydroxylation is 1. The van der Waals surface area contributed by atoms with Crippen molar-refractivity contribution >= 4 is 22.5 Å². The Bertz CT molecular complexity index is 570. The molecule has 0 bridgehead atoms. The Morgan fingerprint density at radius 3 is 2.75 bits per heavy atom. The van der Waals surface area contributed by atoms with Gasteiger partial charge in [-0.25, -0.2) is 9.97 Å². The summed E-state index contributed by atoms with van der Waals surface area (Å²) in [5, 5.41) is 1.72. The van der Waals surface area contributed by atoms with Gasteiger partial charge < -0.3 is 5.73 Å². The van der Waals surface area contributed by atoms with E-state index in [1.165, 1.54) is 0 Å². The number of hydrogen-bond donors (Lipinski definition) is 1. The van der Waals surface area contributed by atoms with Crippen LogP contribution in [0.2, 0.25) is 5.02 Å². The second kappa shape index (κ2) is 3.15. The zero-order valence-corrected chi connectivity index (χ0v) is 9.75. The van der Waals surface area contributed by atoms with Gasteiger partial charge in [0.25, 0.3) is 0 Å². The maximum Gasteiger partial charge on any atom is 0.126 e. The van der Waals surface area contributed by atoms with Crippen LogP contribution in [-0.4, -0.2) is 9.97 Å². The molecule has 0 amide bonds. The number of rotatable bonds is 1. The number of aromatic nitrogens is 2. The summed E-state index contributed by atoms with van der Waals surface area (Å²) in [7, 11) is 0. The number of halogens is 1. The highest BCUT2D eigenvalue weighted by molar-refractivity contribution is 6.31. The first-order valence-electron chi connectivity index (χ1n) is 5.32. The van der Waals surface area contributed by atoms with Crippen LogP contribution in [0.4, 0.5) is 0 Å². The van der Waals surface area contributed by atoms with Crippen molar-refractivity contribution in [3.05, 3.63) is 34.7 Å². The zero-order valence-electron chi connectivity index (χ0n) is 9.00. The van der Waals surface area contributed by atoms with Crippen LogP contribution in [0.25, 0.3) is 10.9 Å². The molecule has 16 heavy (non-hydrogen) atoms. The number of nitrogens with two attached hydrogens (primary N) is 1. The lowest BCUT2D eigenvalue weighted by atomic mass is 10.1. The lowest BCUT2D eigenvalue weighted by molar-refractivity contribution is 0.708. The van der Waals surface area contributed by atoms with Gasteiger partial charge in [0.05, 0.1) is 16.7 Å². The average Bonchev–Trinajstić information content (AvgIpc) is 2.96. The number of nitrogens with zero attached hydrogens (tertiary/aromatic N) is 2. The molecule has 1 aliphatic carbocycles. The van der Waals surface area contributed by atoms with E-state index in [2.05, 4.69) is 9.97 Å². The minimum absolute atomic E-state index is 0.236. The lowest BCUT2D eigenvalue weighted by Gasteiger charge is -2.12. The number of fused-ring (bicyclic) bond motifs is 1. The highest BCUT2D eigenvalue weighted by Gasteiger charge is 2.42. The Labute approximate surface area is 98.6 Å². The largest absolute Gasteiger partial charge is 0.320 e. The molecule has 0 saturated heterocycles. The molecule has 3 nitrogen and oxygen atoms in total. The second-order valence-electron chi connectivity index (χ2n) is 4.44. The van der Waals surface area contributed by atoms with Gasteiger partial charge in [-0.2, -0.15) is 0 Å². The maximum atomic E-state index is 6.22. The second-order valence-corrected chi connectivity index (χ2v) is 4.87. The van der Waals surface area contributed by atoms with Crippen LogP contribution in [0, 0.1) is 6.92 Å². The molecule has 1 fully saturated rings. The molecule has 82 valence electrons. The van der Waals surface area contributed by atoms with E-state index in [4.69, 9.17) is 17.3 Å². The Kier molecular flexibility index (Phi) is 1.97. The molecule has 1 saturated carbocycles. The van der Waals surface area contributed by atoms with Gasteiger partial charge in [0.1, 0.15) is 5.82 Å². The molecule has 0 radical (unpaired) electrons. The first-order chi connectivity index (χ1) is 7.58. The van der Waals surface area contributed by atoms with Gasteiger partial charge in [0, 0.05) is 10.4 Å². The maximum absolute atomic E-state index is 6.22. The Hall–Kier alpha value is -1.19. The van der Waals surface area contributed by atoms with Crippen molar-refractivity contribution in [1.29, 1.82) is 0 Å². The molecule has 1 aromatic heterocycles. The van der Waals surface area contributed by atoms with E-state index >= 15 is 0 Å². The third kappa shape index (κ3) is 1.47. The molecule has 3 rings (SSSR count). The summed E-state index contributed by atoms with van der Waals surface area (Å²) in [4.78, 5) is 8.87. The van der Waals surface area contributed by atoms with Gasteiger partial charge >= 0.3 is 0 Å². The fraction of sp³-hybridized carbons (Fsp3) is 0.333. The van der Waals surface area contributed by atoms with Crippen molar-refractivity contribution in [2.24, 2.45) is 5.73 Å². The van der Waals surface area contributed by atoms with Crippen LogP contribution in [-0.2, 0) is 5.54 Å². The van der Waals surface area contributed by atoms with Crippen LogP contribution in [0.5, 0.6) is 0 Å². The summed E-state index contributed by atoms with van der Waals surface area (Å²) >= 11 is 5.96. The Morgan fingerprint density at radius 1 is 1.31 bits per heavy atom. The van der Waals surface area contributed by atoms with Crippen LogP contribution in [0.15, 0.2) is 18.2 Å². The van der Waals surface area contributed by atoms with Crippen molar-refractivity contribution in [1.82, 2.24) is 9.97 Å². The highest BCUT2D eigenvalue weighted by Crippen LogP contribution is 2.44. The van der Waals surface area contributed by atoms with Crippen molar-refractivity contribution in [3.8, 4) is 0 Å². The minimum atomic E-state index is -0.236. The fourth-order valence-corrected chi connectivity index (χ4v) is 2.14. The molecule has 0 spiro atoms. The normalized spacial score (nSPS) is 17.7. The SMILES string of the molecule is Cc1nc(C2(N)CC2)c2ccc(Cl)cc2n1. The van der Waals surface area contributed by atoms with Gasteiger partial charge in [0.2, 0.25) is 0 Å². The summed E-state index contributed by atoms with van der Waals surface area (Å²) < 4.78 is 0. The minimum Gasteiger partial charge on any atom is -0.320 e. The van der Waals surface area contributed by atoms with Crippen LogP contribution in [0.3, 0.4) is 0 Å². The predicted molar refractivity (Wildman–Crippen MR) is 64.4 cm³/mol. The van der Waals surface area contributed by atoms with E-state index in [0.717, 1.165) is 35.3 Å². The van der Waals surface area contributed by atoms with Gasteiger partial charge in [-0.3, -0.25) is 0 Å². The predicted octanol–water partition coefficient (Wildman–Crippen LogP) is 2.54. The van der Waals surface area contributed by atoms with Crippen molar-refractivity contribution in [2.45, 2.75) is 25.3 Å². The molecule has 0 unspecified atom stereocenters. The monoisotopic (exact) mass is 233 g/mol. The number of benzene rings is 1. The van der Waals surface area contributed by atoms with E-state index < -0.39 is 0 Å². The van der Waals surface area contributed by atoms with Crippen molar-refractivity contribution in [2.75, 3.05) is 0 Å². The fourth-order valence-electron chi connectivity index (χ4n) is 1.97. The summed E-state index contributed by atoms with van der Waals surface area (Å²) in [6, 6.07) is 5.68. The Morgan fingerprint density at radius 2 is 2.06 bits per heavy atom. The standard InChI is InChI=1S/C12H12ClN3/c1-7-15-10-6-8(13)2-3-9(10)11(16-7)12(14)4-5-12/h2-3,6H,4-5,14H2,1H3. The first-order valence-corrected chi connectivity index (χ1v) is 5.70. The summed E-state index contributed by atoms with van der Waals surface area (Å²) in [5.74, 6) is 0.751. The third-order valence-electron chi connectivity index (χ3n) is 3.03. The molecule has 1 aromatic carbocycles. The van der Waals surface area contributed by atoms with Gasteiger partial charge in [-0.1, -0.05) is 11.6 Å². The zero-order chi connectivity index (χ0) is 11.3. The van der Waals surface area contributed by atoms with E-state index in [0.29, 0.717) is 5.02 Å². The summed E-state index contributed by atoms with van der Waals surface area (Å²) in [6.07, 6.45) is 2.00. The van der Waals surface area contributed by atoms with E-state index in [9.17, 15) is 0 Å². The molecular formula is C12H12ClN3. The Balaban J connectivity index is 2.35. The van der Waals surface area contributed by atoms with Crippen LogP contribution in [0.1, 0.15) is 24.4 Å². The van der Waals surface area contributed by atoms with E-state index in [-0.39, 0.29) is 5.54 Å². The molecule has 0 atom stereocenters. The summed E-state index contributed by atoms with van der Waals surface area (Å²) in [6.45, 7) is 1.88. The lowest BCUT2D eigenvalue weighted by Crippen LogP contribution is -2.21. The molecule has 1 aliphatic rings. The molecule has 2 aromatic rings. The quantitative estimate of drug-likeness (QED) is 0.824. The van der Waals surface area contributed by atoms with E-state index in [1.54, 1.807) is 0 Å². The van der Waals surface area contributed by atoms with Gasteiger partial charge in [-0.05, 0) is 38.0 Å². The summed E-state index contributed by atoms with van der Waals surface area (Å²) in [5.41, 5.74) is 7.83. The molecule has 1 heterocycles. The van der Waals surface area contributed by atoms with Crippen molar-refractivity contribution in [3.63, 3.8) is 0 Å². The molecular weight excluding hydrogens is 222 g/mol. The van der Waals surface area contributed by atoms with Crippen LogP contribution >= 0.6 is 11.6 Å². The van der Waals surface area contributed by atoms with Gasteiger partial charge in [0.15, 0.2) is 0 Å². The molecule has 4 heteroatoms. The smallest absolute Gasteiger partial charge is 0.126 e. The van der Waals surface area contributed by atoms with Gasteiger partial charge in [-0.15, -0.1) is 0 Å². The van der Waals surface area contributed by atoms with Crippen molar-refractivity contribution < 1.29 is 0 Å². The first kappa shape index (κ1) is 10.00.